The van der Waals surface area contributed by atoms with Crippen molar-refractivity contribution in [1.29, 1.82) is 0 Å². The Morgan fingerprint density at radius 1 is 1.05 bits per heavy atom. The average Bonchev–Trinajstić information content (AvgIpc) is 3.21. The minimum atomic E-state index is -0.983. The maximum Gasteiger partial charge on any atom is 0.508 e. The van der Waals surface area contributed by atoms with Gasteiger partial charge in [-0.05, 0) is 86.2 Å². The largest absolute Gasteiger partial charge is 0.508 e. The summed E-state index contributed by atoms with van der Waals surface area (Å²) < 4.78 is 16.2. The second-order valence-corrected chi connectivity index (χ2v) is 13.8. The van der Waals surface area contributed by atoms with Crippen molar-refractivity contribution in [2.24, 2.45) is 22.7 Å². The van der Waals surface area contributed by atoms with E-state index < -0.39 is 23.5 Å². The van der Waals surface area contributed by atoms with Gasteiger partial charge in [0.1, 0.15) is 12.7 Å². The van der Waals surface area contributed by atoms with Crippen LogP contribution in [0, 0.1) is 22.7 Å². The maximum absolute atomic E-state index is 12.5. The molecule has 4 saturated carbocycles. The highest BCUT2D eigenvalue weighted by molar-refractivity contribution is 5.78. The molecule has 226 valence electrons. The van der Waals surface area contributed by atoms with E-state index in [1.54, 1.807) is 6.26 Å². The van der Waals surface area contributed by atoms with E-state index in [4.69, 9.17) is 13.9 Å². The third-order valence-electron chi connectivity index (χ3n) is 12.1. The van der Waals surface area contributed by atoms with E-state index >= 15 is 0 Å². The summed E-state index contributed by atoms with van der Waals surface area (Å²) in [5, 5.41) is 27.3. The molecule has 1 aromatic rings. The van der Waals surface area contributed by atoms with E-state index in [-0.39, 0.29) is 46.7 Å². The molecule has 41 heavy (non-hydrogen) atoms. The fourth-order valence-electron chi connectivity index (χ4n) is 9.69. The number of nitrogens with one attached hydrogen (secondary N) is 1. The zero-order chi connectivity index (χ0) is 29.0. The maximum atomic E-state index is 12.5. The summed E-state index contributed by atoms with van der Waals surface area (Å²) in [5.74, 6) is 0.335. The Balaban J connectivity index is 1.09. The van der Waals surface area contributed by atoms with Gasteiger partial charge in [-0.2, -0.15) is 0 Å². The summed E-state index contributed by atoms with van der Waals surface area (Å²) >= 11 is 0. The van der Waals surface area contributed by atoms with Gasteiger partial charge in [0.25, 0.3) is 0 Å². The van der Waals surface area contributed by atoms with Crippen LogP contribution in [0.2, 0.25) is 0 Å². The minimum absolute atomic E-state index is 0.0273. The van der Waals surface area contributed by atoms with Crippen LogP contribution in [0.25, 0.3) is 0 Å². The molecule has 10 nitrogen and oxygen atoms in total. The number of amides is 1. The Hall–Kier alpha value is -2.43. The topological polar surface area (TPSA) is 139 Å². The molecule has 10 heteroatoms. The Bertz CT molecular complexity index is 1220. The molecule has 1 aromatic heterocycles. The number of piperazine rings is 1. The Labute approximate surface area is 240 Å². The lowest BCUT2D eigenvalue weighted by molar-refractivity contribution is -0.254. The first-order valence-electron chi connectivity index (χ1n) is 15.3. The number of aliphatic hydroxyl groups is 2. The SMILES string of the molecule is C[C@]12CC[C@H](OC(=O)OCCN3CCNC(=O)C3)C[C@@]1(O)CC[C@@H]1[C@@H]2CC[C@]2(C)[C@@H](c3ccc(=O)oc3)CC[C@]12O. The second-order valence-electron chi connectivity index (χ2n) is 13.8. The fraction of sp³-hybridized carbons (Fsp3) is 0.774. The zero-order valence-electron chi connectivity index (χ0n) is 24.2. The van der Waals surface area contributed by atoms with Gasteiger partial charge < -0.3 is 29.4 Å². The van der Waals surface area contributed by atoms with Gasteiger partial charge in [-0.1, -0.05) is 13.8 Å². The third-order valence-corrected chi connectivity index (χ3v) is 12.1. The highest BCUT2D eigenvalue weighted by Gasteiger charge is 2.70. The molecule has 8 atom stereocenters. The van der Waals surface area contributed by atoms with E-state index in [0.717, 1.165) is 37.8 Å². The number of ether oxygens (including phenoxy) is 2. The smallest absolute Gasteiger partial charge is 0.433 e. The van der Waals surface area contributed by atoms with Crippen LogP contribution in [0.3, 0.4) is 0 Å². The van der Waals surface area contributed by atoms with Gasteiger partial charge in [-0.15, -0.1) is 0 Å². The van der Waals surface area contributed by atoms with E-state index in [0.29, 0.717) is 51.7 Å². The van der Waals surface area contributed by atoms with Crippen molar-refractivity contribution in [3.05, 3.63) is 34.4 Å². The summed E-state index contributed by atoms with van der Waals surface area (Å²) in [6, 6.07) is 3.31. The van der Waals surface area contributed by atoms with E-state index in [1.165, 1.54) is 6.07 Å². The van der Waals surface area contributed by atoms with Crippen LogP contribution < -0.4 is 10.9 Å². The monoisotopic (exact) mass is 572 g/mol. The predicted molar refractivity (Wildman–Crippen MR) is 148 cm³/mol. The molecule has 1 amide bonds. The molecule has 4 aliphatic carbocycles. The Kier molecular flexibility index (Phi) is 7.26. The zero-order valence-corrected chi connectivity index (χ0v) is 24.2. The van der Waals surface area contributed by atoms with Crippen LogP contribution in [0.5, 0.6) is 0 Å². The predicted octanol–water partition coefficient (Wildman–Crippen LogP) is 2.95. The number of hydrogen-bond acceptors (Lipinski definition) is 9. The van der Waals surface area contributed by atoms with Crippen molar-refractivity contribution in [2.75, 3.05) is 32.8 Å². The van der Waals surface area contributed by atoms with Crippen molar-refractivity contribution in [1.82, 2.24) is 10.2 Å². The molecular weight excluding hydrogens is 528 g/mol. The van der Waals surface area contributed by atoms with Crippen LogP contribution >= 0.6 is 0 Å². The molecule has 0 bridgehead atoms. The molecule has 0 spiro atoms. The molecule has 5 fully saturated rings. The molecule has 6 rings (SSSR count). The summed E-state index contributed by atoms with van der Waals surface area (Å²) in [7, 11) is 0. The lowest BCUT2D eigenvalue weighted by atomic mass is 9.42. The average molecular weight is 573 g/mol. The van der Waals surface area contributed by atoms with Gasteiger partial charge in [0.2, 0.25) is 5.91 Å². The molecule has 3 N–H and O–H groups in total. The Morgan fingerprint density at radius 2 is 1.83 bits per heavy atom. The lowest BCUT2D eigenvalue weighted by Crippen LogP contribution is -2.67. The van der Waals surface area contributed by atoms with Crippen LogP contribution in [0.1, 0.15) is 83.1 Å². The van der Waals surface area contributed by atoms with Gasteiger partial charge in [0, 0.05) is 37.5 Å². The van der Waals surface area contributed by atoms with E-state index in [1.807, 2.05) is 11.0 Å². The fourth-order valence-corrected chi connectivity index (χ4v) is 9.69. The first-order valence-corrected chi connectivity index (χ1v) is 15.3. The molecule has 5 aliphatic rings. The van der Waals surface area contributed by atoms with Crippen molar-refractivity contribution in [2.45, 2.75) is 94.9 Å². The van der Waals surface area contributed by atoms with Gasteiger partial charge in [0.05, 0.1) is 24.0 Å². The van der Waals surface area contributed by atoms with Crippen molar-refractivity contribution in [3.63, 3.8) is 0 Å². The quantitative estimate of drug-likeness (QED) is 0.455. The van der Waals surface area contributed by atoms with Crippen molar-refractivity contribution >= 4 is 12.1 Å². The molecule has 0 aromatic carbocycles. The Morgan fingerprint density at radius 3 is 2.59 bits per heavy atom. The van der Waals surface area contributed by atoms with Crippen molar-refractivity contribution < 1.29 is 33.7 Å². The van der Waals surface area contributed by atoms with Crippen LogP contribution in [-0.4, -0.2) is 77.3 Å². The number of carbonyl (C=O) groups is 2. The first kappa shape index (κ1) is 28.7. The molecular formula is C31H44N2O8. The van der Waals surface area contributed by atoms with Gasteiger partial charge in [-0.3, -0.25) is 9.69 Å². The number of carbonyl (C=O) groups excluding carboxylic acids is 2. The summed E-state index contributed by atoms with van der Waals surface area (Å²) in [6.45, 7) is 6.61. The van der Waals surface area contributed by atoms with E-state index in [9.17, 15) is 24.6 Å². The molecule has 0 unspecified atom stereocenters. The summed E-state index contributed by atoms with van der Waals surface area (Å²) in [4.78, 5) is 37.5. The third kappa shape index (κ3) is 4.70. The van der Waals surface area contributed by atoms with Gasteiger partial charge >= 0.3 is 11.8 Å². The first-order chi connectivity index (χ1) is 19.5. The molecule has 1 saturated heterocycles. The lowest BCUT2D eigenvalue weighted by Gasteiger charge is -2.66. The molecule has 1 aliphatic heterocycles. The summed E-state index contributed by atoms with van der Waals surface area (Å²) in [5.41, 5.74) is -1.94. The second kappa shape index (κ2) is 10.4. The van der Waals surface area contributed by atoms with E-state index in [2.05, 4.69) is 19.2 Å². The van der Waals surface area contributed by atoms with Crippen LogP contribution in [0.15, 0.2) is 27.6 Å². The van der Waals surface area contributed by atoms with Crippen molar-refractivity contribution in [3.8, 4) is 0 Å². The number of nitrogens with zero attached hydrogens (tertiary/aromatic N) is 1. The number of rotatable bonds is 5. The van der Waals surface area contributed by atoms with Gasteiger partial charge in [0.15, 0.2) is 0 Å². The molecule has 0 radical (unpaired) electrons. The minimum Gasteiger partial charge on any atom is -0.433 e. The van der Waals surface area contributed by atoms with Crippen LogP contribution in [-0.2, 0) is 14.3 Å². The number of hydrogen-bond donors (Lipinski definition) is 3. The summed E-state index contributed by atoms with van der Waals surface area (Å²) in [6.07, 6.45) is 6.72. The standard InChI is InChI=1S/C31H44N2O8/c1-28-9-5-21(41-27(36)39-16-15-33-14-13-32-25(34)18-33)17-30(28,37)11-7-24-23(28)6-10-29(2)22(8-12-31(24,29)38)20-3-4-26(35)40-19-20/h3-4,19,21-24,37-38H,5-18H2,1-2H3,(H,32,34)/t21-,22+,23-,24+,28+,29+,30-,31-/m0/s1. The number of fused-ring (bicyclic) bond motifs is 5. The van der Waals surface area contributed by atoms with Gasteiger partial charge in [-0.25, -0.2) is 9.59 Å². The molecule has 2 heterocycles. The highest BCUT2D eigenvalue weighted by atomic mass is 16.7. The van der Waals surface area contributed by atoms with Crippen LogP contribution in [0.4, 0.5) is 4.79 Å². The normalized spacial score (nSPS) is 42.4. The highest BCUT2D eigenvalue weighted by Crippen LogP contribution is 2.71.